The number of carbonyl (C=O) groups is 2. The summed E-state index contributed by atoms with van der Waals surface area (Å²) in [5, 5.41) is 0.902. The van der Waals surface area contributed by atoms with Gasteiger partial charge in [0.2, 0.25) is 5.91 Å². The number of halogens is 3. The van der Waals surface area contributed by atoms with Gasteiger partial charge in [-0.25, -0.2) is 0 Å². The molecule has 0 spiro atoms. The molecule has 2 aromatic rings. The molecule has 0 aliphatic rings. The summed E-state index contributed by atoms with van der Waals surface area (Å²) < 4.78 is 0.866. The van der Waals surface area contributed by atoms with Crippen LogP contribution in [0.1, 0.15) is 15.9 Å². The standard InChI is InChI=1S/C15H11BrCl2N2O2/c16-11-4-1-9(2-5-11)15(22)20-19-14(21)7-10-3-6-12(17)8-13(10)18/h1-6,8H,7H2,(H,19,21)(H,20,22). The fraction of sp³-hybridized carbons (Fsp3) is 0.0667. The number of amides is 2. The molecule has 0 aromatic heterocycles. The zero-order valence-electron chi connectivity index (χ0n) is 11.2. The van der Waals surface area contributed by atoms with E-state index in [0.717, 1.165) is 4.47 Å². The smallest absolute Gasteiger partial charge is 0.269 e. The maximum absolute atomic E-state index is 11.8. The Morgan fingerprint density at radius 3 is 2.32 bits per heavy atom. The minimum Gasteiger partial charge on any atom is -0.273 e. The summed E-state index contributed by atoms with van der Waals surface area (Å²) in [6, 6.07) is 11.6. The van der Waals surface area contributed by atoms with E-state index in [4.69, 9.17) is 23.2 Å². The quantitative estimate of drug-likeness (QED) is 0.769. The summed E-state index contributed by atoms with van der Waals surface area (Å²) in [6.07, 6.45) is 0.0383. The van der Waals surface area contributed by atoms with Crippen molar-refractivity contribution in [3.63, 3.8) is 0 Å². The number of hydrazine groups is 1. The molecule has 2 aromatic carbocycles. The Bertz CT molecular complexity index is 705. The lowest BCUT2D eigenvalue weighted by Crippen LogP contribution is -2.42. The minimum atomic E-state index is -0.400. The van der Waals surface area contributed by atoms with Crippen LogP contribution in [0.25, 0.3) is 0 Å². The van der Waals surface area contributed by atoms with Crippen molar-refractivity contribution < 1.29 is 9.59 Å². The SMILES string of the molecule is O=C(Cc1ccc(Cl)cc1Cl)NNC(=O)c1ccc(Br)cc1. The predicted molar refractivity (Wildman–Crippen MR) is 89.9 cm³/mol. The van der Waals surface area contributed by atoms with Gasteiger partial charge in [0.1, 0.15) is 0 Å². The second-order valence-corrected chi connectivity index (χ2v) is 6.18. The first kappa shape index (κ1) is 16.8. The average Bonchev–Trinajstić information content (AvgIpc) is 2.48. The van der Waals surface area contributed by atoms with Gasteiger partial charge >= 0.3 is 0 Å². The molecular weight excluding hydrogens is 391 g/mol. The van der Waals surface area contributed by atoms with E-state index in [1.165, 1.54) is 0 Å². The molecule has 0 atom stereocenters. The maximum Gasteiger partial charge on any atom is 0.269 e. The number of carbonyl (C=O) groups excluding carboxylic acids is 2. The zero-order valence-corrected chi connectivity index (χ0v) is 14.3. The molecule has 0 radical (unpaired) electrons. The first-order valence-electron chi connectivity index (χ1n) is 6.24. The third kappa shape index (κ3) is 4.73. The Labute approximate surface area is 145 Å². The normalized spacial score (nSPS) is 10.1. The highest BCUT2D eigenvalue weighted by atomic mass is 79.9. The summed E-state index contributed by atoms with van der Waals surface area (Å²) in [5.41, 5.74) is 5.75. The van der Waals surface area contributed by atoms with Crippen LogP contribution in [0.5, 0.6) is 0 Å². The van der Waals surface area contributed by atoms with E-state index in [1.807, 2.05) is 0 Å². The Morgan fingerprint density at radius 1 is 1.00 bits per heavy atom. The van der Waals surface area contributed by atoms with E-state index in [9.17, 15) is 9.59 Å². The molecule has 2 N–H and O–H groups in total. The van der Waals surface area contributed by atoms with Crippen molar-refractivity contribution in [3.05, 3.63) is 68.1 Å². The summed E-state index contributed by atoms with van der Waals surface area (Å²) in [6.45, 7) is 0. The van der Waals surface area contributed by atoms with Gasteiger partial charge < -0.3 is 0 Å². The van der Waals surface area contributed by atoms with Gasteiger partial charge in [0, 0.05) is 20.1 Å². The molecule has 0 unspecified atom stereocenters. The van der Waals surface area contributed by atoms with Crippen molar-refractivity contribution in [1.29, 1.82) is 0 Å². The number of nitrogens with one attached hydrogen (secondary N) is 2. The van der Waals surface area contributed by atoms with Gasteiger partial charge in [-0.2, -0.15) is 0 Å². The Hall–Kier alpha value is -1.56. The lowest BCUT2D eigenvalue weighted by Gasteiger charge is -2.08. The van der Waals surface area contributed by atoms with Crippen molar-refractivity contribution in [2.45, 2.75) is 6.42 Å². The van der Waals surface area contributed by atoms with Crippen LogP contribution in [0.2, 0.25) is 10.0 Å². The second-order valence-electron chi connectivity index (χ2n) is 4.42. The molecule has 0 saturated heterocycles. The number of hydrogen-bond acceptors (Lipinski definition) is 2. The second kappa shape index (κ2) is 7.63. The van der Waals surface area contributed by atoms with Crippen LogP contribution in [0.15, 0.2) is 46.9 Å². The van der Waals surface area contributed by atoms with Gasteiger partial charge in [-0.15, -0.1) is 0 Å². The monoisotopic (exact) mass is 400 g/mol. The molecule has 0 bridgehead atoms. The van der Waals surface area contributed by atoms with E-state index < -0.39 is 5.91 Å². The van der Waals surface area contributed by atoms with Crippen molar-refractivity contribution in [2.24, 2.45) is 0 Å². The number of hydrogen-bond donors (Lipinski definition) is 2. The van der Waals surface area contributed by atoms with Gasteiger partial charge in [-0.1, -0.05) is 45.2 Å². The van der Waals surface area contributed by atoms with Crippen LogP contribution < -0.4 is 10.9 Å². The van der Waals surface area contributed by atoms with Crippen molar-refractivity contribution in [2.75, 3.05) is 0 Å². The molecule has 114 valence electrons. The number of rotatable bonds is 3. The maximum atomic E-state index is 11.8. The molecule has 2 rings (SSSR count). The highest BCUT2D eigenvalue weighted by Crippen LogP contribution is 2.21. The van der Waals surface area contributed by atoms with E-state index in [0.29, 0.717) is 21.2 Å². The zero-order chi connectivity index (χ0) is 16.1. The first-order chi connectivity index (χ1) is 10.5. The Balaban J connectivity index is 1.89. The molecular formula is C15H11BrCl2N2O2. The van der Waals surface area contributed by atoms with Crippen LogP contribution in [0, 0.1) is 0 Å². The summed E-state index contributed by atoms with van der Waals surface area (Å²) >= 11 is 15.1. The van der Waals surface area contributed by atoms with E-state index in [2.05, 4.69) is 26.8 Å². The number of benzene rings is 2. The van der Waals surface area contributed by atoms with Crippen LogP contribution >= 0.6 is 39.1 Å². The van der Waals surface area contributed by atoms with Crippen LogP contribution in [-0.4, -0.2) is 11.8 Å². The summed E-state index contributed by atoms with van der Waals surface area (Å²) in [7, 11) is 0. The van der Waals surface area contributed by atoms with Gasteiger partial charge in [-0.05, 0) is 42.0 Å². The molecule has 0 aliphatic carbocycles. The Morgan fingerprint density at radius 2 is 1.68 bits per heavy atom. The third-order valence-corrected chi connectivity index (χ3v) is 3.90. The molecule has 2 amide bonds. The van der Waals surface area contributed by atoms with Crippen LogP contribution in [-0.2, 0) is 11.2 Å². The fourth-order valence-electron chi connectivity index (χ4n) is 1.68. The van der Waals surface area contributed by atoms with Gasteiger partial charge in [0.25, 0.3) is 5.91 Å². The molecule has 0 aliphatic heterocycles. The fourth-order valence-corrected chi connectivity index (χ4v) is 2.42. The van der Waals surface area contributed by atoms with Crippen molar-refractivity contribution in [1.82, 2.24) is 10.9 Å². The molecule has 4 nitrogen and oxygen atoms in total. The topological polar surface area (TPSA) is 58.2 Å². The van der Waals surface area contributed by atoms with Crippen molar-refractivity contribution >= 4 is 50.9 Å². The molecule has 0 heterocycles. The summed E-state index contributed by atoms with van der Waals surface area (Å²) in [4.78, 5) is 23.7. The minimum absolute atomic E-state index is 0.0383. The molecule has 0 saturated carbocycles. The van der Waals surface area contributed by atoms with Gasteiger partial charge in [-0.3, -0.25) is 20.4 Å². The largest absolute Gasteiger partial charge is 0.273 e. The van der Waals surface area contributed by atoms with E-state index in [-0.39, 0.29) is 12.3 Å². The Kier molecular flexibility index (Phi) is 5.83. The van der Waals surface area contributed by atoms with Gasteiger partial charge in [0.05, 0.1) is 6.42 Å². The highest BCUT2D eigenvalue weighted by molar-refractivity contribution is 9.10. The first-order valence-corrected chi connectivity index (χ1v) is 7.79. The molecule has 7 heteroatoms. The van der Waals surface area contributed by atoms with E-state index >= 15 is 0 Å². The average molecular weight is 402 g/mol. The lowest BCUT2D eigenvalue weighted by atomic mass is 10.1. The van der Waals surface area contributed by atoms with Crippen LogP contribution in [0.3, 0.4) is 0 Å². The van der Waals surface area contributed by atoms with E-state index in [1.54, 1.807) is 42.5 Å². The predicted octanol–water partition coefficient (Wildman–Crippen LogP) is 3.76. The van der Waals surface area contributed by atoms with Crippen LogP contribution in [0.4, 0.5) is 0 Å². The molecule has 0 fully saturated rings. The van der Waals surface area contributed by atoms with Gasteiger partial charge in [0.15, 0.2) is 0 Å². The highest BCUT2D eigenvalue weighted by Gasteiger charge is 2.10. The molecule has 22 heavy (non-hydrogen) atoms. The van der Waals surface area contributed by atoms with Crippen molar-refractivity contribution in [3.8, 4) is 0 Å². The summed E-state index contributed by atoms with van der Waals surface area (Å²) in [5.74, 6) is -0.780. The third-order valence-electron chi connectivity index (χ3n) is 2.79. The lowest BCUT2D eigenvalue weighted by molar-refractivity contribution is -0.121.